The third-order valence-electron chi connectivity index (χ3n) is 3.99. The molecule has 0 aromatic carbocycles. The van der Waals surface area contributed by atoms with E-state index in [1.165, 1.54) is 12.3 Å². The van der Waals surface area contributed by atoms with Gasteiger partial charge in [-0.25, -0.2) is 9.37 Å². The van der Waals surface area contributed by atoms with Crippen LogP contribution >= 0.6 is 0 Å². The van der Waals surface area contributed by atoms with Crippen molar-refractivity contribution in [1.29, 1.82) is 0 Å². The predicted octanol–water partition coefficient (Wildman–Crippen LogP) is -0.513. The minimum atomic E-state index is -1.14. The highest BCUT2D eigenvalue weighted by molar-refractivity contribution is 5.75. The van der Waals surface area contributed by atoms with Gasteiger partial charge in [0.05, 0.1) is 0 Å². The molecule has 0 spiro atoms. The van der Waals surface area contributed by atoms with Crippen LogP contribution in [0.25, 0.3) is 0 Å². The summed E-state index contributed by atoms with van der Waals surface area (Å²) in [5.74, 6) is -2.07. The molecule has 0 aromatic heterocycles. The van der Waals surface area contributed by atoms with Crippen LogP contribution in [-0.4, -0.2) is 63.0 Å². The molecule has 2 rings (SSSR count). The summed E-state index contributed by atoms with van der Waals surface area (Å²) in [6.45, 7) is 1.23. The predicted molar refractivity (Wildman–Crippen MR) is 76.4 cm³/mol. The summed E-state index contributed by atoms with van der Waals surface area (Å²) in [5.41, 5.74) is 0. The molecule has 0 saturated carbocycles. The number of hydrogen-bond donors (Lipinski definition) is 2. The Kier molecular flexibility index (Phi) is 5.19. The second kappa shape index (κ2) is 7.11. The lowest BCUT2D eigenvalue weighted by molar-refractivity contribution is -0.539. The maximum atomic E-state index is 11.0. The second-order valence-corrected chi connectivity index (χ2v) is 5.51. The first-order chi connectivity index (χ1) is 10.5. The average molecular weight is 308 g/mol. The summed E-state index contributed by atoms with van der Waals surface area (Å²) >= 11 is 0. The molecule has 22 heavy (non-hydrogen) atoms. The van der Waals surface area contributed by atoms with E-state index in [0.717, 1.165) is 12.8 Å². The number of carbonyl (C=O) groups excluding carboxylic acids is 1. The van der Waals surface area contributed by atoms with E-state index in [1.807, 2.05) is 0 Å². The summed E-state index contributed by atoms with van der Waals surface area (Å²) in [5, 5.41) is 29.8. The molecule has 7 nitrogen and oxygen atoms in total. The maximum absolute atomic E-state index is 11.0. The SMILES string of the molecule is O=C(O)C1CCCN1C=CC=C(O)C=[N+]1CCCC1C(=O)[O-]. The molecule has 2 aliphatic rings. The zero-order valence-electron chi connectivity index (χ0n) is 12.2. The highest BCUT2D eigenvalue weighted by Crippen LogP contribution is 2.17. The van der Waals surface area contributed by atoms with Crippen molar-refractivity contribution in [2.24, 2.45) is 0 Å². The Labute approximate surface area is 128 Å². The smallest absolute Gasteiger partial charge is 0.326 e. The molecule has 0 radical (unpaired) electrons. The van der Waals surface area contributed by atoms with Gasteiger partial charge in [0, 0.05) is 25.6 Å². The first-order valence-electron chi connectivity index (χ1n) is 7.36. The zero-order valence-corrected chi connectivity index (χ0v) is 12.2. The summed E-state index contributed by atoms with van der Waals surface area (Å²) in [4.78, 5) is 23.7. The summed E-state index contributed by atoms with van der Waals surface area (Å²) < 4.78 is 1.55. The topological polar surface area (TPSA) is 104 Å². The van der Waals surface area contributed by atoms with E-state index in [2.05, 4.69) is 0 Å². The van der Waals surface area contributed by atoms with Gasteiger partial charge < -0.3 is 25.0 Å². The molecule has 2 saturated heterocycles. The number of aliphatic carboxylic acids is 2. The van der Waals surface area contributed by atoms with Gasteiger partial charge in [-0.1, -0.05) is 0 Å². The average Bonchev–Trinajstić information content (AvgIpc) is 3.07. The fourth-order valence-electron chi connectivity index (χ4n) is 2.89. The van der Waals surface area contributed by atoms with Crippen molar-refractivity contribution in [2.45, 2.75) is 37.8 Å². The van der Waals surface area contributed by atoms with Crippen LogP contribution in [0.5, 0.6) is 0 Å². The van der Waals surface area contributed by atoms with Crippen molar-refractivity contribution < 1.29 is 29.5 Å². The van der Waals surface area contributed by atoms with Crippen LogP contribution in [0.2, 0.25) is 0 Å². The number of carbonyl (C=O) groups is 2. The lowest BCUT2D eigenvalue weighted by atomic mass is 10.2. The summed E-state index contributed by atoms with van der Waals surface area (Å²) in [6, 6.07) is -1.22. The molecule has 0 amide bonds. The Bertz CT molecular complexity index is 538. The van der Waals surface area contributed by atoms with Crippen molar-refractivity contribution in [3.05, 3.63) is 24.1 Å². The van der Waals surface area contributed by atoms with E-state index in [1.54, 1.807) is 21.8 Å². The number of aliphatic hydroxyl groups excluding tert-OH is 1. The molecule has 2 aliphatic heterocycles. The van der Waals surface area contributed by atoms with Crippen molar-refractivity contribution in [2.75, 3.05) is 13.1 Å². The van der Waals surface area contributed by atoms with Gasteiger partial charge in [-0.05, 0) is 25.0 Å². The monoisotopic (exact) mass is 308 g/mol. The number of hydrogen-bond acceptors (Lipinski definition) is 5. The molecule has 2 unspecified atom stereocenters. The first kappa shape index (κ1) is 16.1. The molecule has 2 fully saturated rings. The molecule has 0 aromatic rings. The minimum absolute atomic E-state index is 0.0736. The Morgan fingerprint density at radius 1 is 1.23 bits per heavy atom. The van der Waals surface area contributed by atoms with Gasteiger partial charge in [-0.3, -0.25) is 0 Å². The molecule has 0 aliphatic carbocycles. The van der Waals surface area contributed by atoms with Gasteiger partial charge >= 0.3 is 5.97 Å². The van der Waals surface area contributed by atoms with E-state index in [4.69, 9.17) is 5.11 Å². The molecule has 2 heterocycles. The van der Waals surface area contributed by atoms with Crippen LogP contribution < -0.4 is 5.11 Å². The Hall–Kier alpha value is -2.31. The largest absolute Gasteiger partial charge is 0.543 e. The number of likely N-dealkylation sites (tertiary alicyclic amines) is 1. The Morgan fingerprint density at radius 3 is 2.68 bits per heavy atom. The van der Waals surface area contributed by atoms with Crippen molar-refractivity contribution in [1.82, 2.24) is 4.90 Å². The van der Waals surface area contributed by atoms with Crippen LogP contribution in [-0.2, 0) is 9.59 Å². The van der Waals surface area contributed by atoms with E-state index in [0.29, 0.717) is 25.9 Å². The Balaban J connectivity index is 1.99. The van der Waals surface area contributed by atoms with E-state index < -0.39 is 24.0 Å². The third-order valence-corrected chi connectivity index (χ3v) is 3.99. The van der Waals surface area contributed by atoms with Crippen LogP contribution in [0.1, 0.15) is 25.7 Å². The molecule has 2 N–H and O–H groups in total. The molecule has 2 atom stereocenters. The van der Waals surface area contributed by atoms with Crippen molar-refractivity contribution in [3.8, 4) is 0 Å². The third kappa shape index (κ3) is 3.87. The number of carboxylic acids is 2. The van der Waals surface area contributed by atoms with Gasteiger partial charge in [0.25, 0.3) is 0 Å². The fourth-order valence-corrected chi connectivity index (χ4v) is 2.89. The number of aliphatic hydroxyl groups is 1. The summed E-state index contributed by atoms with van der Waals surface area (Å²) in [6.07, 6.45) is 8.70. The quantitative estimate of drug-likeness (QED) is 0.403. The second-order valence-electron chi connectivity index (χ2n) is 5.51. The van der Waals surface area contributed by atoms with E-state index >= 15 is 0 Å². The molecule has 120 valence electrons. The fraction of sp³-hybridized carbons (Fsp3) is 0.533. The van der Waals surface area contributed by atoms with Crippen molar-refractivity contribution in [3.63, 3.8) is 0 Å². The van der Waals surface area contributed by atoms with Crippen LogP contribution in [0.15, 0.2) is 24.1 Å². The molecule has 7 heteroatoms. The van der Waals surface area contributed by atoms with Crippen LogP contribution in [0.3, 0.4) is 0 Å². The van der Waals surface area contributed by atoms with Crippen LogP contribution in [0.4, 0.5) is 0 Å². The van der Waals surface area contributed by atoms with E-state index in [-0.39, 0.29) is 5.76 Å². The van der Waals surface area contributed by atoms with Gasteiger partial charge in [0.2, 0.25) is 6.21 Å². The first-order valence-corrected chi connectivity index (χ1v) is 7.36. The number of allylic oxidation sites excluding steroid dienone is 3. The van der Waals surface area contributed by atoms with Gasteiger partial charge in [-0.2, -0.15) is 0 Å². The summed E-state index contributed by atoms with van der Waals surface area (Å²) in [7, 11) is 0. The molecule has 0 bridgehead atoms. The van der Waals surface area contributed by atoms with Crippen LogP contribution in [0, 0.1) is 0 Å². The number of rotatable bonds is 5. The minimum Gasteiger partial charge on any atom is -0.543 e. The standard InChI is InChI=1S/C15H20N2O5/c18-11(10-17-9-3-6-13(17)15(21)22)4-1-7-16-8-2-5-12(16)14(19)20/h1,4,7,10,12-13H,2-3,5-6,8-9H2,(H2-,18,19,20,21,22). The van der Waals surface area contributed by atoms with Gasteiger partial charge in [0.15, 0.2) is 11.8 Å². The normalized spacial score (nSPS) is 27.9. The van der Waals surface area contributed by atoms with Gasteiger partial charge in [-0.15, -0.1) is 0 Å². The lowest BCUT2D eigenvalue weighted by Gasteiger charge is -2.17. The van der Waals surface area contributed by atoms with Crippen molar-refractivity contribution >= 4 is 18.2 Å². The molecular formula is C15H20N2O5. The zero-order chi connectivity index (χ0) is 16.1. The number of carboxylic acid groups (broad SMARTS) is 2. The highest BCUT2D eigenvalue weighted by atomic mass is 16.4. The maximum Gasteiger partial charge on any atom is 0.326 e. The van der Waals surface area contributed by atoms with Gasteiger partial charge in [0.1, 0.15) is 18.6 Å². The lowest BCUT2D eigenvalue weighted by Crippen LogP contribution is -2.40. The highest BCUT2D eigenvalue weighted by Gasteiger charge is 2.29. The Morgan fingerprint density at radius 2 is 2.00 bits per heavy atom. The van der Waals surface area contributed by atoms with E-state index in [9.17, 15) is 19.8 Å². The molecular weight excluding hydrogens is 288 g/mol. The number of nitrogens with zero attached hydrogens (tertiary/aromatic N) is 2.